The Morgan fingerprint density at radius 3 is 1.27 bits per heavy atom. The SMILES string of the molecule is CC(=O)O.CC(C)[C@@H]1CC[C@@H](C)CC1=O.CC1CCC(C(C)C)C(=O)C1. The third-order valence-electron chi connectivity index (χ3n) is 5.48. The van der Waals surface area contributed by atoms with E-state index in [9.17, 15) is 9.59 Å². The fourth-order valence-electron chi connectivity index (χ4n) is 3.85. The minimum absolute atomic E-state index is 0.367. The van der Waals surface area contributed by atoms with Gasteiger partial charge in [-0.1, -0.05) is 41.5 Å². The first-order valence-electron chi connectivity index (χ1n) is 10.2. The number of hydrogen-bond acceptors (Lipinski definition) is 3. The van der Waals surface area contributed by atoms with Gasteiger partial charge < -0.3 is 5.11 Å². The van der Waals surface area contributed by atoms with E-state index in [1.165, 1.54) is 12.8 Å². The lowest BCUT2D eigenvalue weighted by atomic mass is 9.77. The molecule has 0 bridgehead atoms. The highest BCUT2D eigenvalue weighted by Crippen LogP contribution is 2.30. The molecule has 0 aromatic heterocycles. The van der Waals surface area contributed by atoms with Crippen molar-refractivity contribution in [3.05, 3.63) is 0 Å². The van der Waals surface area contributed by atoms with Crippen LogP contribution in [0.1, 0.15) is 87.0 Å². The van der Waals surface area contributed by atoms with Crippen molar-refractivity contribution < 1.29 is 19.5 Å². The molecule has 0 amide bonds. The molecule has 152 valence electrons. The summed E-state index contributed by atoms with van der Waals surface area (Å²) in [6, 6.07) is 0. The van der Waals surface area contributed by atoms with Crippen LogP contribution in [0.4, 0.5) is 0 Å². The van der Waals surface area contributed by atoms with Gasteiger partial charge in [-0.05, 0) is 49.4 Å². The molecule has 2 saturated carbocycles. The number of aliphatic carboxylic acids is 1. The van der Waals surface area contributed by atoms with Crippen LogP contribution < -0.4 is 0 Å². The van der Waals surface area contributed by atoms with Crippen LogP contribution >= 0.6 is 0 Å². The second kappa shape index (κ2) is 12.2. The van der Waals surface area contributed by atoms with Gasteiger partial charge in [-0.2, -0.15) is 0 Å². The normalized spacial score (nSPS) is 28.8. The second-order valence-corrected chi connectivity index (χ2v) is 8.93. The number of carbonyl (C=O) groups is 3. The average molecular weight is 369 g/mol. The maximum absolute atomic E-state index is 11.4. The minimum Gasteiger partial charge on any atom is -0.481 e. The number of carboxylic acids is 1. The lowest BCUT2D eigenvalue weighted by molar-refractivity contribution is -0.134. The van der Waals surface area contributed by atoms with Gasteiger partial charge in [-0.3, -0.25) is 14.4 Å². The molecule has 4 heteroatoms. The maximum atomic E-state index is 11.4. The molecule has 4 atom stereocenters. The summed E-state index contributed by atoms with van der Waals surface area (Å²) in [5, 5.41) is 7.42. The standard InChI is InChI=1S/2C10H18O.C2H4O2/c2*1-7(2)9-5-4-8(3)6-10(9)11;1-2(3)4/h2*7-9H,4-6H2,1-3H3;1H3,(H,3,4)/t8-,9+;;/m1../s1. The van der Waals surface area contributed by atoms with E-state index in [-0.39, 0.29) is 0 Å². The zero-order valence-electron chi connectivity index (χ0n) is 17.9. The van der Waals surface area contributed by atoms with Crippen molar-refractivity contribution in [2.45, 2.75) is 87.0 Å². The largest absolute Gasteiger partial charge is 0.481 e. The molecule has 0 radical (unpaired) electrons. The van der Waals surface area contributed by atoms with E-state index >= 15 is 0 Å². The van der Waals surface area contributed by atoms with Gasteiger partial charge in [-0.15, -0.1) is 0 Å². The second-order valence-electron chi connectivity index (χ2n) is 8.93. The summed E-state index contributed by atoms with van der Waals surface area (Å²) < 4.78 is 0. The summed E-state index contributed by atoms with van der Waals surface area (Å²) in [6.07, 6.45) is 6.38. The third kappa shape index (κ3) is 10.1. The first kappa shape index (κ1) is 24.8. The Hall–Kier alpha value is -1.19. The van der Waals surface area contributed by atoms with Gasteiger partial charge in [0.05, 0.1) is 0 Å². The van der Waals surface area contributed by atoms with Crippen molar-refractivity contribution in [1.82, 2.24) is 0 Å². The molecule has 26 heavy (non-hydrogen) atoms. The predicted molar refractivity (Wildman–Crippen MR) is 106 cm³/mol. The predicted octanol–water partition coefficient (Wildman–Crippen LogP) is 5.39. The van der Waals surface area contributed by atoms with Crippen LogP contribution in [0.3, 0.4) is 0 Å². The van der Waals surface area contributed by atoms with Crippen LogP contribution in [0.25, 0.3) is 0 Å². The zero-order valence-corrected chi connectivity index (χ0v) is 17.9. The van der Waals surface area contributed by atoms with Crippen LogP contribution in [0.2, 0.25) is 0 Å². The van der Waals surface area contributed by atoms with Crippen molar-refractivity contribution in [3.8, 4) is 0 Å². The van der Waals surface area contributed by atoms with E-state index in [0.717, 1.165) is 32.6 Å². The Morgan fingerprint density at radius 1 is 0.808 bits per heavy atom. The molecule has 0 aromatic carbocycles. The van der Waals surface area contributed by atoms with Gasteiger partial charge in [-0.25, -0.2) is 0 Å². The fraction of sp³-hybridized carbons (Fsp3) is 0.864. The first-order chi connectivity index (χ1) is 12.0. The molecule has 1 N–H and O–H groups in total. The maximum Gasteiger partial charge on any atom is 0.300 e. The summed E-state index contributed by atoms with van der Waals surface area (Å²) in [5.41, 5.74) is 0. The van der Waals surface area contributed by atoms with Crippen LogP contribution in [-0.2, 0) is 14.4 Å². The van der Waals surface area contributed by atoms with Crippen LogP contribution in [0, 0.1) is 35.5 Å². The summed E-state index contributed by atoms with van der Waals surface area (Å²) in [4.78, 5) is 31.9. The molecule has 0 heterocycles. The van der Waals surface area contributed by atoms with Crippen molar-refractivity contribution in [2.24, 2.45) is 35.5 Å². The van der Waals surface area contributed by atoms with E-state index in [0.29, 0.717) is 47.1 Å². The highest BCUT2D eigenvalue weighted by Gasteiger charge is 2.28. The van der Waals surface area contributed by atoms with Crippen molar-refractivity contribution in [1.29, 1.82) is 0 Å². The molecule has 4 nitrogen and oxygen atoms in total. The van der Waals surface area contributed by atoms with Gasteiger partial charge in [0.1, 0.15) is 11.6 Å². The summed E-state index contributed by atoms with van der Waals surface area (Å²) in [6.45, 7) is 14.0. The highest BCUT2D eigenvalue weighted by molar-refractivity contribution is 5.82. The summed E-state index contributed by atoms with van der Waals surface area (Å²) >= 11 is 0. The molecule has 2 aliphatic carbocycles. The van der Waals surface area contributed by atoms with E-state index in [1.54, 1.807) is 0 Å². The van der Waals surface area contributed by atoms with Gasteiger partial charge in [0.2, 0.25) is 0 Å². The molecule has 2 rings (SSSR count). The number of carboxylic acid groups (broad SMARTS) is 1. The lowest BCUT2D eigenvalue weighted by Gasteiger charge is -2.27. The minimum atomic E-state index is -0.833. The molecular formula is C22H40O4. The summed E-state index contributed by atoms with van der Waals surface area (Å²) in [5.74, 6) is 3.27. The monoisotopic (exact) mass is 368 g/mol. The fourth-order valence-corrected chi connectivity index (χ4v) is 3.85. The molecular weight excluding hydrogens is 328 g/mol. The van der Waals surface area contributed by atoms with Crippen molar-refractivity contribution in [3.63, 3.8) is 0 Å². The van der Waals surface area contributed by atoms with Crippen molar-refractivity contribution in [2.75, 3.05) is 0 Å². The molecule has 0 spiro atoms. The zero-order chi connectivity index (χ0) is 20.4. The molecule has 2 fully saturated rings. The van der Waals surface area contributed by atoms with Crippen LogP contribution in [-0.4, -0.2) is 22.6 Å². The molecule has 0 aliphatic heterocycles. The Balaban J connectivity index is 0.000000401. The Morgan fingerprint density at radius 2 is 1.08 bits per heavy atom. The first-order valence-corrected chi connectivity index (χ1v) is 10.2. The third-order valence-corrected chi connectivity index (χ3v) is 5.48. The van der Waals surface area contributed by atoms with Crippen LogP contribution in [0.5, 0.6) is 0 Å². The van der Waals surface area contributed by atoms with Gasteiger partial charge in [0, 0.05) is 31.6 Å². The van der Waals surface area contributed by atoms with E-state index in [2.05, 4.69) is 41.5 Å². The Kier molecular flexibility index (Phi) is 11.7. The topological polar surface area (TPSA) is 71.4 Å². The number of hydrogen-bond donors (Lipinski definition) is 1. The number of rotatable bonds is 2. The molecule has 2 aliphatic rings. The van der Waals surface area contributed by atoms with E-state index in [4.69, 9.17) is 9.90 Å². The smallest absolute Gasteiger partial charge is 0.300 e. The Labute approximate surface area is 160 Å². The average Bonchev–Trinajstić information content (AvgIpc) is 2.46. The summed E-state index contributed by atoms with van der Waals surface area (Å²) in [7, 11) is 0. The quantitative estimate of drug-likeness (QED) is 0.709. The number of ketones is 2. The van der Waals surface area contributed by atoms with Gasteiger partial charge >= 0.3 is 0 Å². The molecule has 0 saturated heterocycles. The number of carbonyl (C=O) groups excluding carboxylic acids is 2. The lowest BCUT2D eigenvalue weighted by Crippen LogP contribution is -2.27. The van der Waals surface area contributed by atoms with Gasteiger partial charge in [0.25, 0.3) is 5.97 Å². The van der Waals surface area contributed by atoms with Crippen LogP contribution in [0.15, 0.2) is 0 Å². The van der Waals surface area contributed by atoms with E-state index in [1.807, 2.05) is 0 Å². The highest BCUT2D eigenvalue weighted by atomic mass is 16.4. The van der Waals surface area contributed by atoms with Gasteiger partial charge in [0.15, 0.2) is 0 Å². The Bertz CT molecular complexity index is 413. The molecule has 0 aromatic rings. The number of Topliss-reactive ketones (excluding diaryl/α,β-unsaturated/α-hetero) is 2. The van der Waals surface area contributed by atoms with E-state index < -0.39 is 5.97 Å². The molecule has 2 unspecified atom stereocenters. The van der Waals surface area contributed by atoms with Crippen molar-refractivity contribution >= 4 is 17.5 Å².